The molecular weight excluding hydrogens is 541 g/mol. The predicted octanol–water partition coefficient (Wildman–Crippen LogP) is 6.19. The van der Waals surface area contributed by atoms with Crippen LogP contribution in [0, 0.1) is 20.8 Å². The number of halogens is 3. The van der Waals surface area contributed by atoms with Crippen molar-refractivity contribution in [1.82, 2.24) is 19.8 Å². The number of carbonyl (C=O) groups is 1. The summed E-state index contributed by atoms with van der Waals surface area (Å²) in [6.07, 6.45) is 2.73. The number of rotatable bonds is 9. The van der Waals surface area contributed by atoms with E-state index in [-0.39, 0.29) is 30.7 Å². The van der Waals surface area contributed by atoms with Crippen LogP contribution < -0.4 is 10.2 Å². The van der Waals surface area contributed by atoms with Crippen LogP contribution in [0.15, 0.2) is 42.5 Å². The lowest BCUT2D eigenvalue weighted by Gasteiger charge is -2.37. The highest BCUT2D eigenvalue weighted by molar-refractivity contribution is 6.31. The van der Waals surface area contributed by atoms with E-state index in [1.165, 1.54) is 11.3 Å². The zero-order valence-electron chi connectivity index (χ0n) is 22.8. The lowest BCUT2D eigenvalue weighted by Crippen LogP contribution is -2.47. The summed E-state index contributed by atoms with van der Waals surface area (Å²) in [5.41, 5.74) is 6.09. The maximum absolute atomic E-state index is 13.0. The molecule has 2 aromatic carbocycles. The molecule has 1 N–H and O–H groups in total. The molecule has 1 saturated heterocycles. The summed E-state index contributed by atoms with van der Waals surface area (Å²) in [5.74, 6) is 0.862. The molecule has 1 aliphatic rings. The Morgan fingerprint density at radius 1 is 0.974 bits per heavy atom. The first-order valence-electron chi connectivity index (χ1n) is 13.1. The number of aryl methyl sites for hydroxylation is 2. The van der Waals surface area contributed by atoms with Crippen molar-refractivity contribution in [3.8, 4) is 5.69 Å². The van der Waals surface area contributed by atoms with Gasteiger partial charge in [0.1, 0.15) is 11.5 Å². The summed E-state index contributed by atoms with van der Waals surface area (Å²) in [5, 5.41) is 3.94. The molecule has 2 heterocycles. The Labute approximate surface area is 244 Å². The van der Waals surface area contributed by atoms with Crippen LogP contribution in [0.3, 0.4) is 0 Å². The third-order valence-electron chi connectivity index (χ3n) is 7.11. The lowest BCUT2D eigenvalue weighted by atomic mass is 10.1. The number of hydrogen-bond acceptors (Lipinski definition) is 4. The second-order valence-corrected chi connectivity index (χ2v) is 10.1. The van der Waals surface area contributed by atoms with Crippen LogP contribution in [0.2, 0.25) is 5.02 Å². The van der Waals surface area contributed by atoms with Crippen molar-refractivity contribution in [2.24, 2.45) is 0 Å². The highest BCUT2D eigenvalue weighted by atomic mass is 35.5. The molecule has 0 radical (unpaired) electrons. The number of carbonyl (C=O) groups excluding carboxylic acids is 1. The lowest BCUT2D eigenvalue weighted by molar-refractivity contribution is 0.0946. The van der Waals surface area contributed by atoms with Gasteiger partial charge in [0.15, 0.2) is 0 Å². The summed E-state index contributed by atoms with van der Waals surface area (Å²) in [6.45, 7) is 13.9. The maximum atomic E-state index is 13.0. The molecule has 0 aliphatic carbocycles. The minimum atomic E-state index is -0.0848. The molecule has 4 rings (SSSR count). The van der Waals surface area contributed by atoms with E-state index in [1.807, 2.05) is 31.2 Å². The Hall–Kier alpha value is -2.25. The number of aromatic nitrogens is 2. The van der Waals surface area contributed by atoms with Crippen molar-refractivity contribution < 1.29 is 4.79 Å². The molecule has 0 saturated carbocycles. The van der Waals surface area contributed by atoms with Gasteiger partial charge < -0.3 is 10.2 Å². The van der Waals surface area contributed by atoms with Gasteiger partial charge in [-0.05, 0) is 69.5 Å². The second kappa shape index (κ2) is 14.8. The summed E-state index contributed by atoms with van der Waals surface area (Å²) in [7, 11) is 0. The summed E-state index contributed by atoms with van der Waals surface area (Å²) in [4.78, 5) is 22.7. The molecular formula is C29H40Cl3N5O. The van der Waals surface area contributed by atoms with E-state index < -0.39 is 0 Å². The first-order chi connectivity index (χ1) is 17.4. The Morgan fingerprint density at radius 2 is 1.66 bits per heavy atom. The maximum Gasteiger partial charge on any atom is 0.271 e. The minimum absolute atomic E-state index is 0. The van der Waals surface area contributed by atoms with E-state index in [0.29, 0.717) is 12.2 Å². The number of para-hydroxylation sites is 1. The fourth-order valence-electron chi connectivity index (χ4n) is 5.04. The average Bonchev–Trinajstić information content (AvgIpc) is 3.20. The van der Waals surface area contributed by atoms with Crippen LogP contribution in [0.4, 0.5) is 5.69 Å². The number of piperazine rings is 1. The van der Waals surface area contributed by atoms with Crippen LogP contribution in [0.5, 0.6) is 0 Å². The van der Waals surface area contributed by atoms with Gasteiger partial charge in [0, 0.05) is 55.5 Å². The van der Waals surface area contributed by atoms with Gasteiger partial charge in [0.05, 0.1) is 5.69 Å². The molecule has 38 heavy (non-hydrogen) atoms. The second-order valence-electron chi connectivity index (χ2n) is 9.66. The van der Waals surface area contributed by atoms with Gasteiger partial charge in [-0.1, -0.05) is 42.8 Å². The van der Waals surface area contributed by atoms with Gasteiger partial charge in [-0.15, -0.1) is 24.8 Å². The Balaban J connectivity index is 0.00000253. The molecule has 6 nitrogen and oxygen atoms in total. The molecule has 0 bridgehead atoms. The third-order valence-corrected chi connectivity index (χ3v) is 7.52. The highest BCUT2D eigenvalue weighted by Gasteiger charge is 2.22. The number of nitrogens with one attached hydrogen (secondary N) is 1. The van der Waals surface area contributed by atoms with Gasteiger partial charge >= 0.3 is 0 Å². The number of hydrogen-bond donors (Lipinski definition) is 1. The standard InChI is InChI=1S/C29H38ClN5O.2ClH/c1-5-10-27-32-28(23(4)35(27)25-13-7-6-11-21(25)2)29(36)31-15-9-16-33-17-19-34(20-18-33)26-14-8-12-24(30)22(26)3;;/h6-8,11-14H,5,9-10,15-20H2,1-4H3,(H,31,36);2*1H. The van der Waals surface area contributed by atoms with Crippen molar-refractivity contribution in [3.05, 3.63) is 75.8 Å². The fraction of sp³-hybridized carbons (Fsp3) is 0.448. The Kier molecular flexibility index (Phi) is 12.4. The van der Waals surface area contributed by atoms with Gasteiger partial charge in [-0.25, -0.2) is 4.98 Å². The van der Waals surface area contributed by atoms with Crippen LogP contribution in [-0.2, 0) is 6.42 Å². The predicted molar refractivity (Wildman–Crippen MR) is 163 cm³/mol. The fourth-order valence-corrected chi connectivity index (χ4v) is 5.21. The van der Waals surface area contributed by atoms with Gasteiger partial charge in [0.25, 0.3) is 5.91 Å². The van der Waals surface area contributed by atoms with E-state index in [1.54, 1.807) is 0 Å². The van der Waals surface area contributed by atoms with Crippen molar-refractivity contribution >= 4 is 48.0 Å². The molecule has 0 unspecified atom stereocenters. The molecule has 0 spiro atoms. The van der Waals surface area contributed by atoms with Crippen molar-refractivity contribution in [3.63, 3.8) is 0 Å². The van der Waals surface area contributed by atoms with Crippen molar-refractivity contribution in [2.45, 2.75) is 47.0 Å². The zero-order valence-corrected chi connectivity index (χ0v) is 25.2. The van der Waals surface area contributed by atoms with Crippen LogP contribution in [-0.4, -0.2) is 59.6 Å². The van der Waals surface area contributed by atoms with Crippen LogP contribution in [0.25, 0.3) is 5.69 Å². The summed E-state index contributed by atoms with van der Waals surface area (Å²) < 4.78 is 2.15. The quantitative estimate of drug-likeness (QED) is 0.307. The molecule has 1 amide bonds. The SMILES string of the molecule is CCCc1nc(C(=O)NCCCN2CCN(c3cccc(Cl)c3C)CC2)c(C)n1-c1ccccc1C.Cl.Cl. The highest BCUT2D eigenvalue weighted by Crippen LogP contribution is 2.27. The number of amides is 1. The first-order valence-corrected chi connectivity index (χ1v) is 13.4. The smallest absolute Gasteiger partial charge is 0.271 e. The monoisotopic (exact) mass is 579 g/mol. The molecule has 1 aliphatic heterocycles. The van der Waals surface area contributed by atoms with Crippen molar-refractivity contribution in [1.29, 1.82) is 0 Å². The Morgan fingerprint density at radius 3 is 2.34 bits per heavy atom. The molecule has 1 fully saturated rings. The van der Waals surface area contributed by atoms with E-state index in [0.717, 1.165) is 79.8 Å². The third kappa shape index (κ3) is 7.23. The van der Waals surface area contributed by atoms with Gasteiger partial charge in [-0.2, -0.15) is 0 Å². The number of anilines is 1. The number of nitrogens with zero attached hydrogens (tertiary/aromatic N) is 4. The topological polar surface area (TPSA) is 53.4 Å². The van der Waals surface area contributed by atoms with E-state index in [2.05, 4.69) is 58.7 Å². The van der Waals surface area contributed by atoms with Crippen LogP contribution >= 0.6 is 36.4 Å². The molecule has 1 aromatic heterocycles. The number of benzene rings is 2. The Bertz CT molecular complexity index is 1200. The first kappa shape index (κ1) is 32.0. The normalized spacial score (nSPS) is 13.6. The van der Waals surface area contributed by atoms with E-state index in [4.69, 9.17) is 16.6 Å². The molecule has 3 aromatic rings. The van der Waals surface area contributed by atoms with E-state index >= 15 is 0 Å². The summed E-state index contributed by atoms with van der Waals surface area (Å²) in [6, 6.07) is 14.4. The van der Waals surface area contributed by atoms with Crippen molar-refractivity contribution in [2.75, 3.05) is 44.2 Å². The molecule has 0 atom stereocenters. The van der Waals surface area contributed by atoms with E-state index in [9.17, 15) is 4.79 Å². The minimum Gasteiger partial charge on any atom is -0.369 e. The number of imidazole rings is 1. The average molecular weight is 581 g/mol. The summed E-state index contributed by atoms with van der Waals surface area (Å²) >= 11 is 6.31. The molecule has 208 valence electrons. The molecule has 9 heteroatoms. The van der Waals surface area contributed by atoms with Gasteiger partial charge in [-0.3, -0.25) is 14.3 Å². The van der Waals surface area contributed by atoms with Gasteiger partial charge in [0.2, 0.25) is 0 Å². The largest absolute Gasteiger partial charge is 0.369 e. The van der Waals surface area contributed by atoms with Crippen LogP contribution in [0.1, 0.15) is 52.9 Å². The zero-order chi connectivity index (χ0) is 25.7.